The second-order valence-corrected chi connectivity index (χ2v) is 9.39. The van der Waals surface area contributed by atoms with Gasteiger partial charge in [0.2, 0.25) is 8.32 Å². The van der Waals surface area contributed by atoms with E-state index in [1.165, 1.54) is 16.3 Å². The lowest BCUT2D eigenvalue weighted by Crippen LogP contribution is -2.50. The molecule has 0 bridgehead atoms. The SMILES string of the molecule is C=CC[Si](CC=C)(OCC)c1ccc(-c2ccc(OC)cc2)cc1. The topological polar surface area (TPSA) is 18.5 Å². The van der Waals surface area contributed by atoms with Gasteiger partial charge in [-0.3, -0.25) is 0 Å². The molecule has 3 heteroatoms. The summed E-state index contributed by atoms with van der Waals surface area (Å²) in [5.74, 6) is 0.870. The summed E-state index contributed by atoms with van der Waals surface area (Å²) >= 11 is 0. The fourth-order valence-electron chi connectivity index (χ4n) is 3.01. The lowest BCUT2D eigenvalue weighted by atomic mass is 10.1. The Labute approximate surface area is 146 Å². The average molecular weight is 339 g/mol. The first kappa shape index (κ1) is 18.2. The van der Waals surface area contributed by atoms with Gasteiger partial charge in [-0.1, -0.05) is 48.6 Å². The second-order valence-electron chi connectivity index (χ2n) is 5.72. The van der Waals surface area contributed by atoms with Crippen LogP contribution in [0.25, 0.3) is 11.1 Å². The molecule has 0 spiro atoms. The Morgan fingerprint density at radius 2 is 1.38 bits per heavy atom. The number of hydrogen-bond acceptors (Lipinski definition) is 2. The highest BCUT2D eigenvalue weighted by atomic mass is 28.4. The zero-order chi connectivity index (χ0) is 17.4. The number of ether oxygens (including phenoxy) is 1. The summed E-state index contributed by atoms with van der Waals surface area (Å²) in [5, 5.41) is 1.29. The van der Waals surface area contributed by atoms with Gasteiger partial charge in [0.25, 0.3) is 0 Å². The first-order valence-electron chi connectivity index (χ1n) is 8.30. The zero-order valence-corrected chi connectivity index (χ0v) is 15.6. The van der Waals surface area contributed by atoms with E-state index in [2.05, 4.69) is 56.5 Å². The van der Waals surface area contributed by atoms with Gasteiger partial charge in [0.15, 0.2) is 0 Å². The molecule has 2 rings (SSSR count). The molecule has 2 aromatic carbocycles. The van der Waals surface area contributed by atoms with E-state index < -0.39 is 8.32 Å². The van der Waals surface area contributed by atoms with Crippen LogP contribution in [-0.2, 0) is 4.43 Å². The maximum Gasteiger partial charge on any atom is 0.231 e. The molecule has 0 N–H and O–H groups in total. The Bertz CT molecular complexity index is 649. The quantitative estimate of drug-likeness (QED) is 0.477. The maximum absolute atomic E-state index is 6.25. The molecule has 0 heterocycles. The van der Waals surface area contributed by atoms with E-state index in [0.717, 1.165) is 17.8 Å². The Hall–Kier alpha value is -2.10. The van der Waals surface area contributed by atoms with Gasteiger partial charge in [-0.2, -0.15) is 0 Å². The van der Waals surface area contributed by atoms with Crippen molar-refractivity contribution in [3.63, 3.8) is 0 Å². The number of hydrogen-bond donors (Lipinski definition) is 0. The van der Waals surface area contributed by atoms with Gasteiger partial charge >= 0.3 is 0 Å². The van der Waals surface area contributed by atoms with Crippen LogP contribution in [-0.4, -0.2) is 22.0 Å². The van der Waals surface area contributed by atoms with E-state index in [9.17, 15) is 0 Å². The van der Waals surface area contributed by atoms with Gasteiger partial charge in [-0.05, 0) is 47.5 Å². The highest BCUT2D eigenvalue weighted by molar-refractivity contribution is 6.87. The van der Waals surface area contributed by atoms with Gasteiger partial charge in [-0.15, -0.1) is 13.2 Å². The third-order valence-electron chi connectivity index (χ3n) is 4.20. The molecule has 0 aliphatic rings. The normalized spacial score (nSPS) is 11.1. The van der Waals surface area contributed by atoms with Crippen LogP contribution in [0.4, 0.5) is 0 Å². The highest BCUT2D eigenvalue weighted by Crippen LogP contribution is 2.24. The Kier molecular flexibility index (Phi) is 6.59. The van der Waals surface area contributed by atoms with Gasteiger partial charge in [0, 0.05) is 6.61 Å². The first-order chi connectivity index (χ1) is 11.7. The van der Waals surface area contributed by atoms with Crippen molar-refractivity contribution in [3.8, 4) is 16.9 Å². The zero-order valence-electron chi connectivity index (χ0n) is 14.6. The highest BCUT2D eigenvalue weighted by Gasteiger charge is 2.34. The Morgan fingerprint density at radius 1 is 0.875 bits per heavy atom. The minimum absolute atomic E-state index is 0.716. The molecule has 24 heavy (non-hydrogen) atoms. The molecule has 0 radical (unpaired) electrons. The summed E-state index contributed by atoms with van der Waals surface area (Å²) in [4.78, 5) is 0. The number of allylic oxidation sites excluding steroid dienone is 2. The van der Waals surface area contributed by atoms with Crippen molar-refractivity contribution in [2.45, 2.75) is 19.0 Å². The molecule has 0 saturated carbocycles. The third kappa shape index (κ3) is 4.05. The van der Waals surface area contributed by atoms with Crippen molar-refractivity contribution in [1.82, 2.24) is 0 Å². The summed E-state index contributed by atoms with van der Waals surface area (Å²) in [6.45, 7) is 10.6. The molecule has 0 fully saturated rings. The molecular formula is C21H26O2Si. The lowest BCUT2D eigenvalue weighted by Gasteiger charge is -2.29. The molecule has 0 aliphatic carbocycles. The second kappa shape index (κ2) is 8.67. The van der Waals surface area contributed by atoms with E-state index in [1.54, 1.807) is 7.11 Å². The first-order valence-corrected chi connectivity index (χ1v) is 10.6. The summed E-state index contributed by atoms with van der Waals surface area (Å²) < 4.78 is 11.5. The van der Waals surface area contributed by atoms with Crippen molar-refractivity contribution >= 4 is 13.5 Å². The van der Waals surface area contributed by atoms with E-state index in [0.29, 0.717) is 6.61 Å². The van der Waals surface area contributed by atoms with Crippen LogP contribution in [0.5, 0.6) is 5.75 Å². The van der Waals surface area contributed by atoms with Crippen LogP contribution in [0.15, 0.2) is 73.8 Å². The largest absolute Gasteiger partial charge is 0.497 e. The van der Waals surface area contributed by atoms with E-state index >= 15 is 0 Å². The number of benzene rings is 2. The van der Waals surface area contributed by atoms with Crippen molar-refractivity contribution < 1.29 is 9.16 Å². The summed E-state index contributed by atoms with van der Waals surface area (Å²) in [6.07, 6.45) is 3.95. The molecule has 0 aromatic heterocycles. The molecule has 0 unspecified atom stereocenters. The van der Waals surface area contributed by atoms with E-state index in [1.807, 2.05) is 24.3 Å². The van der Waals surface area contributed by atoms with Crippen molar-refractivity contribution in [3.05, 3.63) is 73.8 Å². The molecule has 126 valence electrons. The molecule has 0 saturated heterocycles. The van der Waals surface area contributed by atoms with Crippen LogP contribution in [0, 0.1) is 0 Å². The molecule has 2 aromatic rings. The van der Waals surface area contributed by atoms with Crippen LogP contribution in [0.3, 0.4) is 0 Å². The fraction of sp³-hybridized carbons (Fsp3) is 0.238. The fourth-order valence-corrected chi connectivity index (χ4v) is 6.31. The van der Waals surface area contributed by atoms with Crippen LogP contribution in [0.2, 0.25) is 12.1 Å². The molecule has 0 atom stereocenters. The van der Waals surface area contributed by atoms with Crippen LogP contribution < -0.4 is 9.92 Å². The van der Waals surface area contributed by atoms with Gasteiger partial charge in [0.05, 0.1) is 7.11 Å². The Balaban J connectivity index is 2.33. The smallest absolute Gasteiger partial charge is 0.231 e. The van der Waals surface area contributed by atoms with Crippen LogP contribution >= 0.6 is 0 Å². The molecule has 0 amide bonds. The van der Waals surface area contributed by atoms with Gasteiger partial charge in [0.1, 0.15) is 5.75 Å². The minimum Gasteiger partial charge on any atom is -0.497 e. The minimum atomic E-state index is -2.07. The summed E-state index contributed by atoms with van der Waals surface area (Å²) in [7, 11) is -0.385. The predicted molar refractivity (Wildman–Crippen MR) is 105 cm³/mol. The van der Waals surface area contributed by atoms with Crippen molar-refractivity contribution in [1.29, 1.82) is 0 Å². The molecular weight excluding hydrogens is 312 g/mol. The van der Waals surface area contributed by atoms with Gasteiger partial charge in [-0.25, -0.2) is 0 Å². The van der Waals surface area contributed by atoms with Crippen molar-refractivity contribution in [2.75, 3.05) is 13.7 Å². The van der Waals surface area contributed by atoms with Gasteiger partial charge < -0.3 is 9.16 Å². The van der Waals surface area contributed by atoms with Crippen LogP contribution in [0.1, 0.15) is 6.92 Å². The Morgan fingerprint density at radius 3 is 1.79 bits per heavy atom. The van der Waals surface area contributed by atoms with E-state index in [-0.39, 0.29) is 0 Å². The summed E-state index contributed by atoms with van der Waals surface area (Å²) in [5.41, 5.74) is 2.37. The number of methoxy groups -OCH3 is 1. The standard InChI is InChI=1S/C21H26O2Si/c1-5-16-24(17-6-2,23-7-3)21-14-10-19(11-15-21)18-8-12-20(22-4)13-9-18/h5-6,8-15H,1-2,7,16-17H2,3-4H3. The number of rotatable bonds is 9. The third-order valence-corrected chi connectivity index (χ3v) is 8.33. The summed E-state index contributed by atoms with van der Waals surface area (Å²) in [6, 6.07) is 18.7. The average Bonchev–Trinajstić information content (AvgIpc) is 2.62. The predicted octanol–water partition coefficient (Wildman–Crippen LogP) is 4.92. The monoisotopic (exact) mass is 338 g/mol. The van der Waals surface area contributed by atoms with Crippen molar-refractivity contribution in [2.24, 2.45) is 0 Å². The maximum atomic E-state index is 6.25. The van der Waals surface area contributed by atoms with E-state index in [4.69, 9.17) is 9.16 Å². The lowest BCUT2D eigenvalue weighted by molar-refractivity contribution is 0.333. The molecule has 2 nitrogen and oxygen atoms in total. The molecule has 0 aliphatic heterocycles.